The van der Waals surface area contributed by atoms with E-state index in [2.05, 4.69) is 36.3 Å². The average molecular weight is 204 g/mol. The Morgan fingerprint density at radius 1 is 1.33 bits per heavy atom. The normalized spacial score (nSPS) is 11.9. The van der Waals surface area contributed by atoms with Crippen LogP contribution in [0.15, 0.2) is 18.3 Å². The van der Waals surface area contributed by atoms with Crippen LogP contribution in [-0.2, 0) is 0 Å². The number of nitrogens with one attached hydrogen (secondary N) is 2. The van der Waals surface area contributed by atoms with E-state index in [1.807, 2.05) is 12.1 Å². The summed E-state index contributed by atoms with van der Waals surface area (Å²) >= 11 is 0. The molecule has 0 spiro atoms. The lowest BCUT2D eigenvalue weighted by molar-refractivity contribution is 0.634. The quantitative estimate of drug-likeness (QED) is 0.625. The largest absolute Gasteiger partial charge is 0.397 e. The van der Waals surface area contributed by atoms with Gasteiger partial charge in [-0.1, -0.05) is 0 Å². The maximum absolute atomic E-state index is 5.95. The molecule has 2 rings (SSSR count). The van der Waals surface area contributed by atoms with E-state index in [1.165, 1.54) is 0 Å². The molecule has 0 amide bonds. The average Bonchev–Trinajstić information content (AvgIpc) is 2.49. The van der Waals surface area contributed by atoms with Crippen molar-refractivity contribution in [2.24, 2.45) is 0 Å². The fourth-order valence-electron chi connectivity index (χ4n) is 1.52. The SMILES string of the molecule is CC(C)(C)Nc1cc2[nH]ncc2cc1N. The predicted molar refractivity (Wildman–Crippen MR) is 63.9 cm³/mol. The smallest absolute Gasteiger partial charge is 0.0672 e. The molecule has 4 heteroatoms. The highest BCUT2D eigenvalue weighted by Crippen LogP contribution is 2.26. The minimum absolute atomic E-state index is 0.00180. The Labute approximate surface area is 88.9 Å². The summed E-state index contributed by atoms with van der Waals surface area (Å²) < 4.78 is 0. The first-order valence-corrected chi connectivity index (χ1v) is 4.96. The van der Waals surface area contributed by atoms with Gasteiger partial charge in [-0.2, -0.15) is 5.10 Å². The predicted octanol–water partition coefficient (Wildman–Crippen LogP) is 2.36. The van der Waals surface area contributed by atoms with E-state index < -0.39 is 0 Å². The Morgan fingerprint density at radius 2 is 2.07 bits per heavy atom. The molecule has 0 saturated carbocycles. The van der Waals surface area contributed by atoms with Gasteiger partial charge in [-0.15, -0.1) is 0 Å². The molecule has 0 atom stereocenters. The second-order valence-corrected chi connectivity index (χ2v) is 4.77. The van der Waals surface area contributed by atoms with Crippen LogP contribution in [0.3, 0.4) is 0 Å². The third-order valence-electron chi connectivity index (χ3n) is 2.12. The van der Waals surface area contributed by atoms with E-state index in [-0.39, 0.29) is 5.54 Å². The molecule has 0 aliphatic rings. The molecule has 0 aliphatic heterocycles. The van der Waals surface area contributed by atoms with Crippen molar-refractivity contribution >= 4 is 22.3 Å². The maximum Gasteiger partial charge on any atom is 0.0672 e. The van der Waals surface area contributed by atoms with Crippen LogP contribution in [0.1, 0.15) is 20.8 Å². The molecule has 0 aliphatic carbocycles. The Kier molecular flexibility index (Phi) is 2.07. The molecular weight excluding hydrogens is 188 g/mol. The molecule has 1 aromatic carbocycles. The van der Waals surface area contributed by atoms with Gasteiger partial charge in [-0.25, -0.2) is 0 Å². The monoisotopic (exact) mass is 204 g/mol. The zero-order chi connectivity index (χ0) is 11.1. The number of hydrogen-bond donors (Lipinski definition) is 3. The van der Waals surface area contributed by atoms with Crippen LogP contribution in [-0.4, -0.2) is 15.7 Å². The van der Waals surface area contributed by atoms with Gasteiger partial charge in [-0.05, 0) is 32.9 Å². The molecule has 2 aromatic rings. The van der Waals surface area contributed by atoms with Gasteiger partial charge in [0.05, 0.1) is 23.1 Å². The van der Waals surface area contributed by atoms with Crippen LogP contribution < -0.4 is 11.1 Å². The van der Waals surface area contributed by atoms with Gasteiger partial charge in [-0.3, -0.25) is 5.10 Å². The third-order valence-corrected chi connectivity index (χ3v) is 2.12. The molecule has 0 radical (unpaired) electrons. The summed E-state index contributed by atoms with van der Waals surface area (Å²) in [6.07, 6.45) is 1.77. The Morgan fingerprint density at radius 3 is 2.73 bits per heavy atom. The van der Waals surface area contributed by atoms with E-state index >= 15 is 0 Å². The fourth-order valence-corrected chi connectivity index (χ4v) is 1.52. The van der Waals surface area contributed by atoms with Crippen molar-refractivity contribution in [2.75, 3.05) is 11.1 Å². The van der Waals surface area contributed by atoms with Crippen molar-refractivity contribution < 1.29 is 0 Å². The van der Waals surface area contributed by atoms with Crippen molar-refractivity contribution in [3.8, 4) is 0 Å². The summed E-state index contributed by atoms with van der Waals surface area (Å²) in [6, 6.07) is 3.91. The van der Waals surface area contributed by atoms with Crippen molar-refractivity contribution in [2.45, 2.75) is 26.3 Å². The summed E-state index contributed by atoms with van der Waals surface area (Å²) in [6.45, 7) is 6.30. The first kappa shape index (κ1) is 9.83. The van der Waals surface area contributed by atoms with E-state index in [0.717, 1.165) is 22.3 Å². The van der Waals surface area contributed by atoms with Crippen LogP contribution in [0, 0.1) is 0 Å². The third kappa shape index (κ3) is 2.03. The number of fused-ring (bicyclic) bond motifs is 1. The van der Waals surface area contributed by atoms with Gasteiger partial charge in [0.25, 0.3) is 0 Å². The van der Waals surface area contributed by atoms with Crippen molar-refractivity contribution in [3.05, 3.63) is 18.3 Å². The molecule has 0 unspecified atom stereocenters. The van der Waals surface area contributed by atoms with Gasteiger partial charge in [0.15, 0.2) is 0 Å². The van der Waals surface area contributed by atoms with E-state index in [9.17, 15) is 0 Å². The van der Waals surface area contributed by atoms with Gasteiger partial charge < -0.3 is 11.1 Å². The number of anilines is 2. The number of hydrogen-bond acceptors (Lipinski definition) is 3. The highest BCUT2D eigenvalue weighted by molar-refractivity contribution is 5.88. The van der Waals surface area contributed by atoms with Gasteiger partial charge in [0.1, 0.15) is 0 Å². The summed E-state index contributed by atoms with van der Waals surface area (Å²) in [5, 5.41) is 11.3. The second-order valence-electron chi connectivity index (χ2n) is 4.77. The van der Waals surface area contributed by atoms with Crippen molar-refractivity contribution in [1.29, 1.82) is 0 Å². The molecule has 4 nitrogen and oxygen atoms in total. The van der Waals surface area contributed by atoms with Gasteiger partial charge >= 0.3 is 0 Å². The number of nitrogens with zero attached hydrogens (tertiary/aromatic N) is 1. The number of benzene rings is 1. The molecule has 0 saturated heterocycles. The molecular formula is C11H16N4. The summed E-state index contributed by atoms with van der Waals surface area (Å²) in [5.74, 6) is 0. The lowest BCUT2D eigenvalue weighted by Crippen LogP contribution is -2.26. The lowest BCUT2D eigenvalue weighted by Gasteiger charge is -2.23. The highest BCUT2D eigenvalue weighted by atomic mass is 15.1. The zero-order valence-corrected chi connectivity index (χ0v) is 9.26. The molecule has 0 bridgehead atoms. The van der Waals surface area contributed by atoms with Gasteiger partial charge in [0, 0.05) is 10.9 Å². The second kappa shape index (κ2) is 3.15. The summed E-state index contributed by atoms with van der Waals surface area (Å²) in [7, 11) is 0. The Bertz CT molecular complexity index is 479. The molecule has 80 valence electrons. The van der Waals surface area contributed by atoms with E-state index in [0.29, 0.717) is 0 Å². The Balaban J connectivity index is 2.46. The van der Waals surface area contributed by atoms with Crippen molar-refractivity contribution in [3.63, 3.8) is 0 Å². The number of rotatable bonds is 1. The van der Waals surface area contributed by atoms with E-state index in [4.69, 9.17) is 5.73 Å². The minimum atomic E-state index is 0.00180. The summed E-state index contributed by atoms with van der Waals surface area (Å²) in [4.78, 5) is 0. The van der Waals surface area contributed by atoms with Crippen molar-refractivity contribution in [1.82, 2.24) is 10.2 Å². The Hall–Kier alpha value is -1.71. The van der Waals surface area contributed by atoms with Crippen LogP contribution in [0.4, 0.5) is 11.4 Å². The summed E-state index contributed by atoms with van der Waals surface area (Å²) in [5.41, 5.74) is 8.64. The number of nitrogen functional groups attached to an aromatic ring is 1. The standard InChI is InChI=1S/C11H16N4/c1-11(2,3)14-10-5-9-7(4-8(10)12)6-13-15-9/h4-6,14H,12H2,1-3H3,(H,13,15). The fraction of sp³-hybridized carbons (Fsp3) is 0.364. The molecule has 1 heterocycles. The lowest BCUT2D eigenvalue weighted by atomic mass is 10.1. The molecule has 0 fully saturated rings. The zero-order valence-electron chi connectivity index (χ0n) is 9.26. The molecule has 1 aromatic heterocycles. The first-order chi connectivity index (χ1) is 6.96. The maximum atomic E-state index is 5.95. The van der Waals surface area contributed by atoms with E-state index in [1.54, 1.807) is 6.20 Å². The highest BCUT2D eigenvalue weighted by Gasteiger charge is 2.12. The number of aromatic nitrogens is 2. The topological polar surface area (TPSA) is 66.7 Å². The molecule has 15 heavy (non-hydrogen) atoms. The number of aromatic amines is 1. The number of H-pyrrole nitrogens is 1. The van der Waals surface area contributed by atoms with Crippen LogP contribution >= 0.6 is 0 Å². The number of nitrogens with two attached hydrogens (primary N) is 1. The molecule has 4 N–H and O–H groups in total. The van der Waals surface area contributed by atoms with Crippen LogP contribution in [0.2, 0.25) is 0 Å². The minimum Gasteiger partial charge on any atom is -0.397 e. The van der Waals surface area contributed by atoms with Crippen LogP contribution in [0.25, 0.3) is 10.9 Å². The first-order valence-electron chi connectivity index (χ1n) is 4.96. The van der Waals surface area contributed by atoms with Gasteiger partial charge in [0.2, 0.25) is 0 Å². The van der Waals surface area contributed by atoms with Crippen LogP contribution in [0.5, 0.6) is 0 Å².